The molecule has 1 aromatic heterocycles. The van der Waals surface area contributed by atoms with Crippen molar-refractivity contribution in [1.29, 1.82) is 0 Å². The Labute approximate surface area is 439 Å². The second-order valence-electron chi connectivity index (χ2n) is 21.4. The number of nitrogens with zero attached hydrogens (tertiary/aromatic N) is 2. The molecule has 0 saturated heterocycles. The second kappa shape index (κ2) is 14.5. The van der Waals surface area contributed by atoms with Gasteiger partial charge in [-0.05, 0) is 147 Å². The number of fused-ring (bicyclic) bond motifs is 27. The van der Waals surface area contributed by atoms with E-state index in [1.807, 2.05) is 0 Å². The van der Waals surface area contributed by atoms with Gasteiger partial charge in [0.05, 0.1) is 33.2 Å². The maximum absolute atomic E-state index is 2.59. The first-order valence-electron chi connectivity index (χ1n) is 26.7. The van der Waals surface area contributed by atoms with Crippen molar-refractivity contribution in [2.24, 2.45) is 0 Å². The molecule has 2 heterocycles. The van der Waals surface area contributed by atoms with Crippen LogP contribution in [0.1, 0.15) is 44.5 Å². The van der Waals surface area contributed by atoms with Gasteiger partial charge in [0.2, 0.25) is 0 Å². The van der Waals surface area contributed by atoms with Gasteiger partial charge in [-0.15, -0.1) is 0 Å². The molecule has 2 nitrogen and oxygen atoms in total. The Morgan fingerprint density at radius 2 is 0.789 bits per heavy atom. The quantitative estimate of drug-likeness (QED) is 0.160. The molecule has 2 atom stereocenters. The number of anilines is 3. The number of hydrogen-bond donors (Lipinski definition) is 0. The molecule has 350 valence electrons. The minimum absolute atomic E-state index is 0.538. The van der Waals surface area contributed by atoms with Crippen molar-refractivity contribution in [3.05, 3.63) is 311 Å². The van der Waals surface area contributed by atoms with Crippen LogP contribution < -0.4 is 4.90 Å². The van der Waals surface area contributed by atoms with Crippen LogP contribution in [-0.2, 0) is 10.8 Å². The molecule has 2 spiro atoms. The summed E-state index contributed by atoms with van der Waals surface area (Å²) < 4.78 is 2.54. The van der Waals surface area contributed by atoms with E-state index in [0.717, 1.165) is 17.1 Å². The first-order chi connectivity index (χ1) is 37.7. The highest BCUT2D eigenvalue weighted by Crippen LogP contribution is 2.66. The Kier molecular flexibility index (Phi) is 7.77. The van der Waals surface area contributed by atoms with Gasteiger partial charge in [-0.2, -0.15) is 0 Å². The average molecular weight is 961 g/mol. The summed E-state index contributed by atoms with van der Waals surface area (Å²) in [6.45, 7) is 0. The van der Waals surface area contributed by atoms with Crippen molar-refractivity contribution in [1.82, 2.24) is 4.57 Å². The fraction of sp³-hybridized carbons (Fsp3) is 0.0270. The monoisotopic (exact) mass is 960 g/mol. The Balaban J connectivity index is 0.951. The van der Waals surface area contributed by atoms with E-state index in [4.69, 9.17) is 0 Å². The lowest BCUT2D eigenvalue weighted by molar-refractivity contribution is 0.748. The van der Waals surface area contributed by atoms with E-state index in [2.05, 4.69) is 276 Å². The highest BCUT2D eigenvalue weighted by molar-refractivity contribution is 6.14. The van der Waals surface area contributed by atoms with Crippen LogP contribution in [-0.4, -0.2) is 4.57 Å². The smallest absolute Gasteiger partial charge is 0.0755 e. The predicted molar refractivity (Wildman–Crippen MR) is 315 cm³/mol. The largest absolute Gasteiger partial charge is 0.310 e. The van der Waals surface area contributed by atoms with Gasteiger partial charge in [-0.25, -0.2) is 0 Å². The molecule has 2 unspecified atom stereocenters. The fourth-order valence-corrected chi connectivity index (χ4v) is 15.4. The summed E-state index contributed by atoms with van der Waals surface area (Å²) in [6, 6.07) is 102. The second-order valence-corrected chi connectivity index (χ2v) is 21.4. The number of aromatic nitrogens is 1. The standard InChI is InChI=1S/C74H44N2/c1-3-19-50-45(17-1)35-36-47-43-48(38-40-51(47)50)75(49-39-41-54-53-21-5-9-26-59(53)73(66(54)44-49)60-27-10-6-23-57(60)70-52-20-4-2-18-46(52)37-42-64(70)73)69-34-16-30-63-71(69)58-24-7-11-28-61(58)74(63)62-29-12-14-33-68(62)76-67-32-13-8-22-55(67)56-25-15-31-65(74)72(56)76/h1-44H. The molecule has 4 aliphatic rings. The highest BCUT2D eigenvalue weighted by atomic mass is 15.1. The van der Waals surface area contributed by atoms with Crippen LogP contribution >= 0.6 is 0 Å². The van der Waals surface area contributed by atoms with Gasteiger partial charge in [-0.3, -0.25) is 0 Å². The summed E-state index contributed by atoms with van der Waals surface area (Å²) >= 11 is 0. The molecule has 14 aromatic rings. The zero-order valence-corrected chi connectivity index (χ0v) is 41.3. The zero-order chi connectivity index (χ0) is 49.4. The molecular weight excluding hydrogens is 917 g/mol. The molecule has 0 N–H and O–H groups in total. The van der Waals surface area contributed by atoms with Crippen molar-refractivity contribution in [2.45, 2.75) is 10.8 Å². The zero-order valence-electron chi connectivity index (χ0n) is 41.3. The van der Waals surface area contributed by atoms with Crippen molar-refractivity contribution in [3.63, 3.8) is 0 Å². The number of benzene rings is 13. The molecule has 3 aliphatic carbocycles. The molecule has 0 amide bonds. The van der Waals surface area contributed by atoms with E-state index < -0.39 is 10.8 Å². The predicted octanol–water partition coefficient (Wildman–Crippen LogP) is 18.7. The summed E-state index contributed by atoms with van der Waals surface area (Å²) in [5, 5.41) is 10.1. The fourth-order valence-electron chi connectivity index (χ4n) is 15.4. The topological polar surface area (TPSA) is 8.17 Å². The Morgan fingerprint density at radius 3 is 1.62 bits per heavy atom. The third-order valence-electron chi connectivity index (χ3n) is 18.1. The molecule has 2 heteroatoms. The SMILES string of the molecule is c1ccc2c(c1)-c1ccc(N(c3ccc4c(ccc5ccccc54)c3)c3cccc4c3-c3ccccc3C43c4ccccc4-n4c5ccccc5c5cccc3c54)cc1C21c2ccccc2-c2c1ccc1ccccc21. The first kappa shape index (κ1) is 40.7. The van der Waals surface area contributed by atoms with Crippen LogP contribution in [0.25, 0.3) is 93.2 Å². The first-order valence-corrected chi connectivity index (χ1v) is 26.7. The number of rotatable bonds is 3. The maximum Gasteiger partial charge on any atom is 0.0755 e. The van der Waals surface area contributed by atoms with E-state index in [-0.39, 0.29) is 0 Å². The third kappa shape index (κ3) is 4.80. The molecular formula is C74H44N2. The molecule has 0 fully saturated rings. The lowest BCUT2D eigenvalue weighted by Gasteiger charge is -2.39. The van der Waals surface area contributed by atoms with Gasteiger partial charge in [-0.1, -0.05) is 224 Å². The number of para-hydroxylation sites is 3. The van der Waals surface area contributed by atoms with Crippen molar-refractivity contribution >= 4 is 71.2 Å². The van der Waals surface area contributed by atoms with Crippen LogP contribution in [0, 0.1) is 0 Å². The summed E-state index contributed by atoms with van der Waals surface area (Å²) in [4.78, 5) is 2.59. The van der Waals surface area contributed by atoms with Crippen LogP contribution in [0.2, 0.25) is 0 Å². The van der Waals surface area contributed by atoms with Gasteiger partial charge in [0.1, 0.15) is 0 Å². The van der Waals surface area contributed by atoms with Gasteiger partial charge in [0.15, 0.2) is 0 Å². The van der Waals surface area contributed by atoms with E-state index in [9.17, 15) is 0 Å². The van der Waals surface area contributed by atoms with E-state index in [1.165, 1.54) is 138 Å². The maximum atomic E-state index is 2.59. The average Bonchev–Trinajstić information content (AvgIpc) is 4.14. The molecule has 0 saturated carbocycles. The van der Waals surface area contributed by atoms with Crippen LogP contribution in [0.3, 0.4) is 0 Å². The summed E-state index contributed by atoms with van der Waals surface area (Å²) in [5.74, 6) is 0. The third-order valence-corrected chi connectivity index (χ3v) is 18.1. The van der Waals surface area contributed by atoms with Crippen molar-refractivity contribution < 1.29 is 0 Å². The summed E-state index contributed by atoms with van der Waals surface area (Å²) in [5.41, 5.74) is 24.3. The van der Waals surface area contributed by atoms with E-state index >= 15 is 0 Å². The molecule has 13 aromatic carbocycles. The Morgan fingerprint density at radius 1 is 0.276 bits per heavy atom. The lowest BCUT2D eigenvalue weighted by atomic mass is 9.65. The molecule has 0 radical (unpaired) electrons. The van der Waals surface area contributed by atoms with Crippen LogP contribution in [0.5, 0.6) is 0 Å². The van der Waals surface area contributed by atoms with Crippen molar-refractivity contribution in [2.75, 3.05) is 4.90 Å². The van der Waals surface area contributed by atoms with E-state index in [0.29, 0.717) is 0 Å². The van der Waals surface area contributed by atoms with Gasteiger partial charge in [0, 0.05) is 27.7 Å². The van der Waals surface area contributed by atoms with Gasteiger partial charge in [0.25, 0.3) is 0 Å². The summed E-state index contributed by atoms with van der Waals surface area (Å²) in [7, 11) is 0. The Bertz CT molecular complexity index is 4920. The molecule has 76 heavy (non-hydrogen) atoms. The molecule has 0 bridgehead atoms. The van der Waals surface area contributed by atoms with Crippen LogP contribution in [0.4, 0.5) is 17.1 Å². The lowest BCUT2D eigenvalue weighted by Crippen LogP contribution is -2.33. The highest BCUT2D eigenvalue weighted by Gasteiger charge is 2.54. The number of hydrogen-bond acceptors (Lipinski definition) is 1. The van der Waals surface area contributed by atoms with Gasteiger partial charge < -0.3 is 9.47 Å². The minimum Gasteiger partial charge on any atom is -0.310 e. The minimum atomic E-state index is -0.597. The molecule has 18 rings (SSSR count). The summed E-state index contributed by atoms with van der Waals surface area (Å²) in [6.07, 6.45) is 0. The normalized spacial score (nSPS) is 16.8. The van der Waals surface area contributed by atoms with Crippen molar-refractivity contribution in [3.8, 4) is 39.1 Å². The van der Waals surface area contributed by atoms with Crippen LogP contribution in [0.15, 0.2) is 267 Å². The Hall–Kier alpha value is -9.76. The van der Waals surface area contributed by atoms with E-state index in [1.54, 1.807) is 0 Å². The molecule has 1 aliphatic heterocycles. The van der Waals surface area contributed by atoms with Gasteiger partial charge >= 0.3 is 0 Å².